The Hall–Kier alpha value is -3.71. The maximum atomic E-state index is 14.9. The van der Waals surface area contributed by atoms with Crippen LogP contribution in [0.2, 0.25) is 0 Å². The minimum absolute atomic E-state index is 0.0403. The van der Waals surface area contributed by atoms with Crippen LogP contribution in [0.1, 0.15) is 49.8 Å². The first-order valence-electron chi connectivity index (χ1n) is 13.4. The first-order chi connectivity index (χ1) is 19.3. The molecule has 4 aromatic rings. The Morgan fingerprint density at radius 2 is 1.25 bits per heavy atom. The Morgan fingerprint density at radius 1 is 0.700 bits per heavy atom. The predicted octanol–water partition coefficient (Wildman–Crippen LogP) is 9.56. The summed E-state index contributed by atoms with van der Waals surface area (Å²) >= 11 is 0. The van der Waals surface area contributed by atoms with Gasteiger partial charge < -0.3 is 9.47 Å². The summed E-state index contributed by atoms with van der Waals surface area (Å²) in [4.78, 5) is 0. The van der Waals surface area contributed by atoms with Gasteiger partial charge in [-0.3, -0.25) is 0 Å². The van der Waals surface area contributed by atoms with Gasteiger partial charge >= 0.3 is 0 Å². The normalized spacial score (nSPS) is 17.1. The highest BCUT2D eigenvalue weighted by atomic mass is 19.2. The van der Waals surface area contributed by atoms with E-state index in [2.05, 4.69) is 6.92 Å². The third-order valence-electron chi connectivity index (χ3n) is 7.34. The number of ether oxygens (including phenoxy) is 2. The van der Waals surface area contributed by atoms with E-state index < -0.39 is 34.8 Å². The lowest BCUT2D eigenvalue weighted by Crippen LogP contribution is -2.20. The zero-order chi connectivity index (χ0) is 28.2. The number of hydrogen-bond donors (Lipinski definition) is 0. The molecular weight excluding hydrogens is 523 g/mol. The van der Waals surface area contributed by atoms with Crippen LogP contribution in [0.3, 0.4) is 0 Å². The Bertz CT molecular complexity index is 1410. The van der Waals surface area contributed by atoms with E-state index in [1.807, 2.05) is 24.3 Å². The van der Waals surface area contributed by atoms with Gasteiger partial charge in [0, 0.05) is 0 Å². The summed E-state index contributed by atoms with van der Waals surface area (Å²) in [6.45, 7) is 2.81. The fraction of sp³-hybridized carbons (Fsp3) is 0.273. The van der Waals surface area contributed by atoms with E-state index in [4.69, 9.17) is 9.47 Å². The summed E-state index contributed by atoms with van der Waals surface area (Å²) in [5.41, 5.74) is 3.32. The molecule has 0 bridgehead atoms. The summed E-state index contributed by atoms with van der Waals surface area (Å²) in [5.74, 6) is -5.64. The maximum absolute atomic E-state index is 14.9. The smallest absolute Gasteiger partial charge is 0.194 e. The van der Waals surface area contributed by atoms with Crippen molar-refractivity contribution in [1.29, 1.82) is 0 Å². The van der Waals surface area contributed by atoms with Gasteiger partial charge in [-0.05, 0) is 82.8 Å². The maximum Gasteiger partial charge on any atom is 0.194 e. The summed E-state index contributed by atoms with van der Waals surface area (Å²) in [6, 6.07) is 18.2. The minimum Gasteiger partial charge on any atom is -0.483 e. The number of benzene rings is 4. The van der Waals surface area contributed by atoms with Crippen molar-refractivity contribution < 1.29 is 31.4 Å². The third kappa shape index (κ3) is 6.20. The first kappa shape index (κ1) is 27.8. The van der Waals surface area contributed by atoms with Crippen molar-refractivity contribution in [2.45, 2.75) is 45.3 Å². The molecule has 1 saturated heterocycles. The van der Waals surface area contributed by atoms with Gasteiger partial charge in [-0.25, -0.2) is 22.0 Å². The molecule has 5 rings (SSSR count). The van der Waals surface area contributed by atoms with Gasteiger partial charge in [0.25, 0.3) is 0 Å². The minimum atomic E-state index is -1.53. The standard InChI is InChI=1S/C33H29F5O2/c1-2-3-20-6-13-31(39-18-20)24-11-9-23(10-12-24)26-16-29(36)33(30(37)17-26)40-19-21-4-7-22(8-5-21)25-14-27(34)32(38)28(35)15-25/h4-5,7-12,14-17,20,31H,2-3,6,13,18-19H2,1H3/t20?,31-/m0/s1. The molecule has 0 saturated carbocycles. The number of halogens is 5. The van der Waals surface area contributed by atoms with Crippen LogP contribution in [-0.4, -0.2) is 6.61 Å². The third-order valence-corrected chi connectivity index (χ3v) is 7.34. The van der Waals surface area contributed by atoms with Gasteiger partial charge in [0.15, 0.2) is 34.8 Å². The Morgan fingerprint density at radius 3 is 1.77 bits per heavy atom. The topological polar surface area (TPSA) is 18.5 Å². The SMILES string of the molecule is CCCC1CC[C@@H](c2ccc(-c3cc(F)c(OCc4ccc(-c5cc(F)c(F)c(F)c5)cc4)c(F)c3)cc2)OC1. The molecular formula is C33H29F5O2. The fourth-order valence-corrected chi connectivity index (χ4v) is 5.13. The second-order valence-corrected chi connectivity index (χ2v) is 10.2. The molecule has 0 aromatic heterocycles. The molecule has 0 N–H and O–H groups in total. The van der Waals surface area contributed by atoms with Crippen LogP contribution >= 0.6 is 0 Å². The summed E-state index contributed by atoms with van der Waals surface area (Å²) in [5, 5.41) is 0. The van der Waals surface area contributed by atoms with Crippen LogP contribution in [0.4, 0.5) is 22.0 Å². The highest BCUT2D eigenvalue weighted by Crippen LogP contribution is 2.35. The fourth-order valence-electron chi connectivity index (χ4n) is 5.13. The Balaban J connectivity index is 1.23. The monoisotopic (exact) mass is 552 g/mol. The van der Waals surface area contributed by atoms with Crippen molar-refractivity contribution in [2.75, 3.05) is 6.61 Å². The first-order valence-corrected chi connectivity index (χ1v) is 13.4. The van der Waals surface area contributed by atoms with Crippen LogP contribution in [-0.2, 0) is 11.3 Å². The lowest BCUT2D eigenvalue weighted by molar-refractivity contribution is -0.0194. The van der Waals surface area contributed by atoms with E-state index in [0.717, 1.165) is 43.6 Å². The number of rotatable bonds is 8. The second-order valence-electron chi connectivity index (χ2n) is 10.2. The molecule has 1 heterocycles. The second kappa shape index (κ2) is 12.2. The predicted molar refractivity (Wildman–Crippen MR) is 144 cm³/mol. The lowest BCUT2D eigenvalue weighted by Gasteiger charge is -2.29. The van der Waals surface area contributed by atoms with Crippen molar-refractivity contribution in [1.82, 2.24) is 0 Å². The van der Waals surface area contributed by atoms with Gasteiger partial charge in [0.2, 0.25) is 0 Å². The molecule has 1 unspecified atom stereocenters. The molecule has 208 valence electrons. The molecule has 40 heavy (non-hydrogen) atoms. The summed E-state index contributed by atoms with van der Waals surface area (Å²) in [6.07, 6.45) is 4.47. The molecule has 0 radical (unpaired) electrons. The molecule has 0 amide bonds. The number of hydrogen-bond acceptors (Lipinski definition) is 2. The molecule has 2 nitrogen and oxygen atoms in total. The van der Waals surface area contributed by atoms with Crippen molar-refractivity contribution >= 4 is 0 Å². The van der Waals surface area contributed by atoms with Gasteiger partial charge in [-0.15, -0.1) is 0 Å². The Kier molecular flexibility index (Phi) is 8.50. The van der Waals surface area contributed by atoms with Crippen LogP contribution in [0.25, 0.3) is 22.3 Å². The molecule has 1 aliphatic heterocycles. The van der Waals surface area contributed by atoms with Crippen molar-refractivity contribution in [3.8, 4) is 28.0 Å². The van der Waals surface area contributed by atoms with Crippen molar-refractivity contribution in [2.24, 2.45) is 5.92 Å². The zero-order valence-corrected chi connectivity index (χ0v) is 22.0. The van der Waals surface area contributed by atoms with Crippen molar-refractivity contribution in [3.05, 3.63) is 113 Å². The van der Waals surface area contributed by atoms with E-state index in [0.29, 0.717) is 28.2 Å². The van der Waals surface area contributed by atoms with E-state index in [9.17, 15) is 22.0 Å². The average molecular weight is 553 g/mol. The lowest BCUT2D eigenvalue weighted by atomic mass is 9.91. The molecule has 2 atom stereocenters. The van der Waals surface area contributed by atoms with Gasteiger partial charge in [0.05, 0.1) is 12.7 Å². The molecule has 1 fully saturated rings. The van der Waals surface area contributed by atoms with Gasteiger partial charge in [-0.1, -0.05) is 61.9 Å². The van der Waals surface area contributed by atoms with E-state index in [-0.39, 0.29) is 18.3 Å². The largest absolute Gasteiger partial charge is 0.483 e. The Labute approximate surface area is 230 Å². The van der Waals surface area contributed by atoms with Crippen LogP contribution in [0.5, 0.6) is 5.75 Å². The van der Waals surface area contributed by atoms with Crippen molar-refractivity contribution in [3.63, 3.8) is 0 Å². The van der Waals surface area contributed by atoms with Gasteiger partial charge in [-0.2, -0.15) is 0 Å². The zero-order valence-electron chi connectivity index (χ0n) is 22.0. The quantitative estimate of drug-likeness (QED) is 0.160. The summed E-state index contributed by atoms with van der Waals surface area (Å²) < 4.78 is 81.5. The molecule has 0 spiro atoms. The van der Waals surface area contributed by atoms with E-state index in [1.54, 1.807) is 24.3 Å². The van der Waals surface area contributed by atoms with Gasteiger partial charge in [0.1, 0.15) is 6.61 Å². The molecule has 1 aliphatic rings. The van der Waals surface area contributed by atoms with Crippen LogP contribution < -0.4 is 4.74 Å². The van der Waals surface area contributed by atoms with E-state index >= 15 is 0 Å². The molecule has 4 aromatic carbocycles. The summed E-state index contributed by atoms with van der Waals surface area (Å²) in [7, 11) is 0. The highest BCUT2D eigenvalue weighted by Gasteiger charge is 2.22. The molecule has 0 aliphatic carbocycles. The van der Waals surface area contributed by atoms with E-state index in [1.165, 1.54) is 18.6 Å². The van der Waals surface area contributed by atoms with Crippen LogP contribution in [0, 0.1) is 35.0 Å². The highest BCUT2D eigenvalue weighted by molar-refractivity contribution is 5.65. The molecule has 7 heteroatoms. The average Bonchev–Trinajstić information content (AvgIpc) is 2.96. The van der Waals surface area contributed by atoms with Crippen LogP contribution in [0.15, 0.2) is 72.8 Å².